The number of nitrogens with one attached hydrogen (secondary N) is 1. The quantitative estimate of drug-likeness (QED) is 0.682. The number of hydrogen-bond donors (Lipinski definition) is 3. The van der Waals surface area contributed by atoms with Crippen LogP contribution in [0.4, 0.5) is 5.69 Å². The molecule has 5 nitrogen and oxygen atoms in total. The van der Waals surface area contributed by atoms with Gasteiger partial charge in [0.05, 0.1) is 23.9 Å². The molecule has 0 aliphatic carbocycles. The molecule has 0 spiro atoms. The summed E-state index contributed by atoms with van der Waals surface area (Å²) in [7, 11) is 0. The lowest BCUT2D eigenvalue weighted by atomic mass is 10.00. The highest BCUT2D eigenvalue weighted by Crippen LogP contribution is 2.32. The molecular weight excluding hydrogens is 314 g/mol. The van der Waals surface area contributed by atoms with Gasteiger partial charge in [-0.3, -0.25) is 5.10 Å². The first-order chi connectivity index (χ1) is 12.1. The van der Waals surface area contributed by atoms with Crippen LogP contribution in [0, 0.1) is 0 Å². The minimum atomic E-state index is -0.568. The van der Waals surface area contributed by atoms with Gasteiger partial charge in [-0.05, 0) is 42.3 Å². The first-order valence-corrected chi connectivity index (χ1v) is 8.21. The Balaban J connectivity index is 1.79. The van der Waals surface area contributed by atoms with Crippen LogP contribution < -0.4 is 4.90 Å². The third-order valence-electron chi connectivity index (χ3n) is 4.49. The molecule has 1 aliphatic rings. The minimum absolute atomic E-state index is 0.166. The molecule has 2 heterocycles. The van der Waals surface area contributed by atoms with Gasteiger partial charge in [-0.15, -0.1) is 0 Å². The molecule has 4 rings (SSSR count). The molecule has 5 heteroatoms. The van der Waals surface area contributed by atoms with Crippen molar-refractivity contribution >= 4 is 16.6 Å². The van der Waals surface area contributed by atoms with Gasteiger partial charge in [0.15, 0.2) is 0 Å². The van der Waals surface area contributed by atoms with E-state index in [1.54, 1.807) is 19.2 Å². The van der Waals surface area contributed by atoms with E-state index in [1.165, 1.54) is 0 Å². The zero-order chi connectivity index (χ0) is 17.4. The molecule has 3 aromatic rings. The maximum absolute atomic E-state index is 10.1. The average molecular weight is 333 g/mol. The van der Waals surface area contributed by atoms with E-state index >= 15 is 0 Å². The molecule has 2 atom stereocenters. The van der Waals surface area contributed by atoms with Gasteiger partial charge in [-0.2, -0.15) is 5.10 Å². The fourth-order valence-corrected chi connectivity index (χ4v) is 3.26. The molecule has 25 heavy (non-hydrogen) atoms. The monoisotopic (exact) mass is 333 g/mol. The maximum atomic E-state index is 10.1. The summed E-state index contributed by atoms with van der Waals surface area (Å²) < 4.78 is 0. The summed E-state index contributed by atoms with van der Waals surface area (Å²) in [4.78, 5) is 1.89. The van der Waals surface area contributed by atoms with E-state index in [0.717, 1.165) is 27.7 Å². The Morgan fingerprint density at radius 3 is 2.88 bits per heavy atom. The number of rotatable bonds is 3. The lowest BCUT2D eigenvalue weighted by molar-refractivity contribution is 0.178. The summed E-state index contributed by atoms with van der Waals surface area (Å²) in [6.45, 7) is 1.74. The fourth-order valence-electron chi connectivity index (χ4n) is 3.26. The Bertz CT molecular complexity index is 972. The van der Waals surface area contributed by atoms with Crippen LogP contribution in [0.2, 0.25) is 0 Å². The van der Waals surface area contributed by atoms with E-state index in [0.29, 0.717) is 0 Å². The SMILES string of the molecule is CC(O)C1C=CC(O)=CN1c1cccc(-c2cccc3[nH]ncc23)c1. The zero-order valence-electron chi connectivity index (χ0n) is 13.8. The summed E-state index contributed by atoms with van der Waals surface area (Å²) in [5.41, 5.74) is 4.03. The number of aromatic amines is 1. The van der Waals surface area contributed by atoms with Gasteiger partial charge >= 0.3 is 0 Å². The molecule has 0 saturated heterocycles. The average Bonchev–Trinajstić information content (AvgIpc) is 3.10. The first-order valence-electron chi connectivity index (χ1n) is 8.21. The summed E-state index contributed by atoms with van der Waals surface area (Å²) in [5, 5.41) is 28.1. The highest BCUT2D eigenvalue weighted by molar-refractivity contribution is 5.94. The predicted molar refractivity (Wildman–Crippen MR) is 99.3 cm³/mol. The van der Waals surface area contributed by atoms with Crippen molar-refractivity contribution in [3.8, 4) is 11.1 Å². The minimum Gasteiger partial charge on any atom is -0.506 e. The standard InChI is InChI=1S/C20H19N3O2/c1-13(24)20-9-8-16(25)12-23(20)15-5-2-4-14(10-15)17-6-3-7-19-18(17)11-21-22-19/h2-13,20,24-25H,1H3,(H,21,22). The number of nitrogens with zero attached hydrogens (tertiary/aromatic N) is 2. The largest absolute Gasteiger partial charge is 0.506 e. The fraction of sp³-hybridized carbons (Fsp3) is 0.150. The van der Waals surface area contributed by atoms with Crippen molar-refractivity contribution in [1.29, 1.82) is 0 Å². The van der Waals surface area contributed by atoms with Crippen LogP contribution >= 0.6 is 0 Å². The first kappa shape index (κ1) is 15.5. The molecule has 0 radical (unpaired) electrons. The number of allylic oxidation sites excluding steroid dienone is 1. The summed E-state index contributed by atoms with van der Waals surface area (Å²) in [6.07, 6.45) is 6.33. The van der Waals surface area contributed by atoms with Crippen LogP contribution in [-0.2, 0) is 0 Å². The third-order valence-corrected chi connectivity index (χ3v) is 4.49. The number of H-pyrrole nitrogens is 1. The number of hydrogen-bond acceptors (Lipinski definition) is 4. The van der Waals surface area contributed by atoms with Crippen molar-refractivity contribution in [2.75, 3.05) is 4.90 Å². The van der Waals surface area contributed by atoms with Crippen LogP contribution in [0.5, 0.6) is 0 Å². The van der Waals surface area contributed by atoms with Crippen LogP contribution in [0.25, 0.3) is 22.0 Å². The molecule has 2 aromatic carbocycles. The smallest absolute Gasteiger partial charge is 0.131 e. The molecule has 0 bridgehead atoms. The Hall–Kier alpha value is -3.05. The summed E-state index contributed by atoms with van der Waals surface area (Å²) in [6, 6.07) is 13.9. The van der Waals surface area contributed by atoms with E-state index in [1.807, 2.05) is 47.5 Å². The number of fused-ring (bicyclic) bond motifs is 1. The third kappa shape index (κ3) is 2.79. The Morgan fingerprint density at radius 2 is 2.04 bits per heavy atom. The summed E-state index contributed by atoms with van der Waals surface area (Å²) in [5.74, 6) is 0.166. The molecule has 1 aliphatic heterocycles. The lowest BCUT2D eigenvalue weighted by Crippen LogP contribution is -2.39. The second kappa shape index (κ2) is 6.11. The lowest BCUT2D eigenvalue weighted by Gasteiger charge is -2.33. The highest BCUT2D eigenvalue weighted by atomic mass is 16.3. The van der Waals surface area contributed by atoms with Crippen molar-refractivity contribution < 1.29 is 10.2 Å². The number of aliphatic hydroxyl groups is 2. The van der Waals surface area contributed by atoms with Gasteiger partial charge in [-0.25, -0.2) is 0 Å². The van der Waals surface area contributed by atoms with Crippen LogP contribution in [-0.4, -0.2) is 32.6 Å². The summed E-state index contributed by atoms with van der Waals surface area (Å²) >= 11 is 0. The molecule has 3 N–H and O–H groups in total. The van der Waals surface area contributed by atoms with Crippen molar-refractivity contribution in [2.45, 2.75) is 19.1 Å². The van der Waals surface area contributed by atoms with Gasteiger partial charge < -0.3 is 15.1 Å². The van der Waals surface area contributed by atoms with Crippen LogP contribution in [0.15, 0.2) is 72.8 Å². The molecule has 1 aromatic heterocycles. The van der Waals surface area contributed by atoms with E-state index in [4.69, 9.17) is 0 Å². The maximum Gasteiger partial charge on any atom is 0.131 e. The van der Waals surface area contributed by atoms with Gasteiger partial charge in [0, 0.05) is 17.3 Å². The van der Waals surface area contributed by atoms with Gasteiger partial charge in [0.25, 0.3) is 0 Å². The molecule has 2 unspecified atom stereocenters. The second-order valence-corrected chi connectivity index (χ2v) is 6.24. The van der Waals surface area contributed by atoms with Crippen LogP contribution in [0.1, 0.15) is 6.92 Å². The molecule has 0 fully saturated rings. The van der Waals surface area contributed by atoms with E-state index in [2.05, 4.69) is 22.3 Å². The number of benzene rings is 2. The molecule has 0 amide bonds. The predicted octanol–water partition coefficient (Wildman–Crippen LogP) is 3.75. The van der Waals surface area contributed by atoms with Gasteiger partial charge in [0.1, 0.15) is 5.76 Å². The number of aliphatic hydroxyl groups excluding tert-OH is 2. The van der Waals surface area contributed by atoms with Crippen LogP contribution in [0.3, 0.4) is 0 Å². The second-order valence-electron chi connectivity index (χ2n) is 6.24. The Labute approximate surface area is 145 Å². The topological polar surface area (TPSA) is 72.4 Å². The molecular formula is C20H19N3O2. The van der Waals surface area contributed by atoms with Crippen molar-refractivity contribution in [3.05, 3.63) is 72.8 Å². The highest BCUT2D eigenvalue weighted by Gasteiger charge is 2.23. The molecule has 0 saturated carbocycles. The van der Waals surface area contributed by atoms with Crippen molar-refractivity contribution in [3.63, 3.8) is 0 Å². The van der Waals surface area contributed by atoms with E-state index in [-0.39, 0.29) is 11.8 Å². The molecule has 126 valence electrons. The van der Waals surface area contributed by atoms with Gasteiger partial charge in [-0.1, -0.05) is 30.3 Å². The Kier molecular flexibility index (Phi) is 3.78. The van der Waals surface area contributed by atoms with Crippen molar-refractivity contribution in [2.24, 2.45) is 0 Å². The van der Waals surface area contributed by atoms with Gasteiger partial charge in [0.2, 0.25) is 0 Å². The normalized spacial score (nSPS) is 18.4. The number of anilines is 1. The van der Waals surface area contributed by atoms with Crippen molar-refractivity contribution in [1.82, 2.24) is 10.2 Å². The number of aromatic nitrogens is 2. The van der Waals surface area contributed by atoms with E-state index in [9.17, 15) is 10.2 Å². The Morgan fingerprint density at radius 1 is 1.20 bits per heavy atom. The van der Waals surface area contributed by atoms with E-state index < -0.39 is 6.10 Å². The zero-order valence-corrected chi connectivity index (χ0v) is 13.8.